The summed E-state index contributed by atoms with van der Waals surface area (Å²) in [6, 6.07) is 11.5. The van der Waals surface area contributed by atoms with Gasteiger partial charge in [-0.2, -0.15) is 0 Å². The molecule has 0 unspecified atom stereocenters. The van der Waals surface area contributed by atoms with Gasteiger partial charge in [0.05, 0.1) is 7.11 Å². The molecule has 2 aromatic carbocycles. The number of para-hydroxylation sites is 1. The van der Waals surface area contributed by atoms with Gasteiger partial charge in [0.15, 0.2) is 17.2 Å². The summed E-state index contributed by atoms with van der Waals surface area (Å²) in [5.74, 6) is -0.861. The molecule has 0 aliphatic heterocycles. The molecule has 0 saturated heterocycles. The third-order valence-corrected chi connectivity index (χ3v) is 3.20. The van der Waals surface area contributed by atoms with Gasteiger partial charge in [-0.3, -0.25) is 9.59 Å². The molecule has 0 aliphatic rings. The summed E-state index contributed by atoms with van der Waals surface area (Å²) in [7, 11) is 1.35. The summed E-state index contributed by atoms with van der Waals surface area (Å²) in [5, 5.41) is 11.0. The molecule has 25 heavy (non-hydrogen) atoms. The molecule has 0 fully saturated rings. The van der Waals surface area contributed by atoms with Crippen LogP contribution in [-0.4, -0.2) is 24.0 Å². The number of aromatic hydroxyl groups is 1. The molecule has 2 amide bonds. The number of benzene rings is 2. The Morgan fingerprint density at radius 2 is 1.84 bits per heavy atom. The normalized spacial score (nSPS) is 10.5. The van der Waals surface area contributed by atoms with Crippen molar-refractivity contribution >= 4 is 23.6 Å². The second kappa shape index (κ2) is 7.87. The van der Waals surface area contributed by atoms with Crippen molar-refractivity contribution in [2.24, 2.45) is 5.73 Å². The molecule has 7 heteroatoms. The molecule has 130 valence electrons. The summed E-state index contributed by atoms with van der Waals surface area (Å²) in [5.41, 5.74) is 5.68. The molecule has 0 aliphatic carbocycles. The molecule has 0 atom stereocenters. The Kier molecular flexibility index (Phi) is 5.62. The average molecular weight is 342 g/mol. The SMILES string of the molecule is COc1c(O)ccc(C=CC(N)=O)c1N(Oc1ccccc1)C(C)=O. The number of carbonyl (C=O) groups excluding carboxylic acids is 2. The standard InChI is InChI=1S/C18H18N2O5/c1-12(21)20(25-14-6-4-3-5-7-14)17-13(9-11-16(19)23)8-10-15(22)18(17)24-2/h3-11,22H,1-2H3,(H2,19,23). The van der Waals surface area contributed by atoms with Crippen molar-refractivity contribution < 1.29 is 24.3 Å². The number of nitrogens with zero attached hydrogens (tertiary/aromatic N) is 1. The molecule has 0 spiro atoms. The number of phenolic OH excluding ortho intramolecular Hbond substituents is 1. The number of hydroxylamine groups is 1. The molecule has 0 heterocycles. The van der Waals surface area contributed by atoms with E-state index in [0.29, 0.717) is 11.3 Å². The Morgan fingerprint density at radius 3 is 2.40 bits per heavy atom. The van der Waals surface area contributed by atoms with Gasteiger partial charge in [-0.1, -0.05) is 18.2 Å². The Labute approximate surface area is 144 Å². The summed E-state index contributed by atoms with van der Waals surface area (Å²) in [6.45, 7) is 1.30. The molecule has 2 aromatic rings. The average Bonchev–Trinajstić information content (AvgIpc) is 2.59. The van der Waals surface area contributed by atoms with E-state index in [1.54, 1.807) is 30.3 Å². The molecule has 0 aromatic heterocycles. The maximum Gasteiger partial charge on any atom is 0.257 e. The van der Waals surface area contributed by atoms with Crippen LogP contribution in [0.15, 0.2) is 48.5 Å². The fraction of sp³-hybridized carbons (Fsp3) is 0.111. The van der Waals surface area contributed by atoms with Gasteiger partial charge in [0.25, 0.3) is 5.91 Å². The van der Waals surface area contributed by atoms with E-state index in [1.165, 1.54) is 32.2 Å². The number of carbonyl (C=O) groups is 2. The fourth-order valence-electron chi connectivity index (χ4n) is 2.15. The Balaban J connectivity index is 2.59. The summed E-state index contributed by atoms with van der Waals surface area (Å²) < 4.78 is 5.22. The minimum absolute atomic E-state index is 0.0257. The van der Waals surface area contributed by atoms with Gasteiger partial charge >= 0.3 is 0 Å². The van der Waals surface area contributed by atoms with Crippen molar-refractivity contribution in [1.29, 1.82) is 0 Å². The van der Waals surface area contributed by atoms with Crippen LogP contribution in [0.4, 0.5) is 5.69 Å². The van der Waals surface area contributed by atoms with Crippen molar-refractivity contribution in [3.63, 3.8) is 0 Å². The minimum Gasteiger partial charge on any atom is -0.504 e. The van der Waals surface area contributed by atoms with E-state index in [9.17, 15) is 14.7 Å². The van der Waals surface area contributed by atoms with Gasteiger partial charge in [-0.15, -0.1) is 5.06 Å². The molecular weight excluding hydrogens is 324 g/mol. The first-order valence-electron chi connectivity index (χ1n) is 7.35. The molecule has 3 N–H and O–H groups in total. The third-order valence-electron chi connectivity index (χ3n) is 3.20. The highest BCUT2D eigenvalue weighted by Crippen LogP contribution is 2.40. The smallest absolute Gasteiger partial charge is 0.257 e. The zero-order valence-corrected chi connectivity index (χ0v) is 13.8. The number of primary amides is 1. The summed E-state index contributed by atoms with van der Waals surface area (Å²) in [4.78, 5) is 28.9. The molecular formula is C18H18N2O5. The van der Waals surface area contributed by atoms with Crippen LogP contribution in [0.1, 0.15) is 12.5 Å². The Bertz CT molecular complexity index is 803. The maximum absolute atomic E-state index is 12.2. The largest absolute Gasteiger partial charge is 0.504 e. The van der Waals surface area contributed by atoms with E-state index >= 15 is 0 Å². The van der Waals surface area contributed by atoms with Gasteiger partial charge in [-0.25, -0.2) is 0 Å². The van der Waals surface area contributed by atoms with Gasteiger partial charge in [-0.05, 0) is 30.3 Å². The lowest BCUT2D eigenvalue weighted by atomic mass is 10.1. The number of ether oxygens (including phenoxy) is 1. The van der Waals surface area contributed by atoms with Crippen molar-refractivity contribution in [1.82, 2.24) is 0 Å². The Hall–Kier alpha value is -3.48. The number of nitrogens with two attached hydrogens (primary N) is 1. The van der Waals surface area contributed by atoms with Gasteiger partial charge < -0.3 is 20.4 Å². The van der Waals surface area contributed by atoms with E-state index in [2.05, 4.69) is 0 Å². The number of hydrogen-bond acceptors (Lipinski definition) is 5. The van der Waals surface area contributed by atoms with Crippen molar-refractivity contribution in [2.45, 2.75) is 6.92 Å². The molecule has 0 bridgehead atoms. The predicted molar refractivity (Wildman–Crippen MR) is 93.1 cm³/mol. The van der Waals surface area contributed by atoms with Crippen LogP contribution >= 0.6 is 0 Å². The molecule has 0 radical (unpaired) electrons. The highest BCUT2D eigenvalue weighted by atomic mass is 16.7. The summed E-state index contributed by atoms with van der Waals surface area (Å²) >= 11 is 0. The van der Waals surface area contributed by atoms with Crippen LogP contribution in [0.2, 0.25) is 0 Å². The predicted octanol–water partition coefficient (Wildman–Crippen LogP) is 2.25. The lowest BCUT2D eigenvalue weighted by Gasteiger charge is -2.25. The quantitative estimate of drug-likeness (QED) is 0.619. The second-order valence-electron chi connectivity index (χ2n) is 5.01. The van der Waals surface area contributed by atoms with E-state index in [-0.39, 0.29) is 17.2 Å². The van der Waals surface area contributed by atoms with Crippen LogP contribution in [0.3, 0.4) is 0 Å². The number of methoxy groups -OCH3 is 1. The minimum atomic E-state index is -0.656. The zero-order valence-electron chi connectivity index (χ0n) is 13.8. The number of anilines is 1. The summed E-state index contributed by atoms with van der Waals surface area (Å²) in [6.07, 6.45) is 2.54. The lowest BCUT2D eigenvalue weighted by molar-refractivity contribution is -0.120. The highest BCUT2D eigenvalue weighted by molar-refractivity contribution is 5.97. The maximum atomic E-state index is 12.2. The second-order valence-corrected chi connectivity index (χ2v) is 5.01. The molecule has 7 nitrogen and oxygen atoms in total. The zero-order chi connectivity index (χ0) is 18.4. The van der Waals surface area contributed by atoms with Crippen LogP contribution in [0.25, 0.3) is 6.08 Å². The monoisotopic (exact) mass is 342 g/mol. The van der Waals surface area contributed by atoms with E-state index in [4.69, 9.17) is 15.3 Å². The number of rotatable bonds is 6. The fourth-order valence-corrected chi connectivity index (χ4v) is 2.15. The van der Waals surface area contributed by atoms with Crippen LogP contribution < -0.4 is 20.4 Å². The molecule has 0 saturated carbocycles. The number of hydrogen-bond donors (Lipinski definition) is 2. The van der Waals surface area contributed by atoms with Crippen molar-refractivity contribution in [3.8, 4) is 17.2 Å². The van der Waals surface area contributed by atoms with Crippen molar-refractivity contribution in [3.05, 3.63) is 54.1 Å². The third kappa shape index (κ3) is 4.29. The van der Waals surface area contributed by atoms with E-state index in [1.807, 2.05) is 0 Å². The van der Waals surface area contributed by atoms with Gasteiger partial charge in [0.2, 0.25) is 5.91 Å². The van der Waals surface area contributed by atoms with Crippen LogP contribution in [0, 0.1) is 0 Å². The van der Waals surface area contributed by atoms with E-state index in [0.717, 1.165) is 11.1 Å². The van der Waals surface area contributed by atoms with Crippen molar-refractivity contribution in [2.75, 3.05) is 12.2 Å². The van der Waals surface area contributed by atoms with Gasteiger partial charge in [0.1, 0.15) is 5.69 Å². The van der Waals surface area contributed by atoms with Gasteiger partial charge in [0, 0.05) is 18.6 Å². The number of amides is 2. The highest BCUT2D eigenvalue weighted by Gasteiger charge is 2.24. The van der Waals surface area contributed by atoms with E-state index < -0.39 is 11.8 Å². The van der Waals surface area contributed by atoms with Crippen LogP contribution in [-0.2, 0) is 9.59 Å². The first-order chi connectivity index (χ1) is 11.9. The topological polar surface area (TPSA) is 102 Å². The Morgan fingerprint density at radius 1 is 1.16 bits per heavy atom. The molecule has 2 rings (SSSR count). The first kappa shape index (κ1) is 17.9. The first-order valence-corrected chi connectivity index (χ1v) is 7.35. The van der Waals surface area contributed by atoms with Crippen LogP contribution in [0.5, 0.6) is 17.2 Å². The lowest BCUT2D eigenvalue weighted by Crippen LogP contribution is -2.33. The number of phenols is 1.